The largest absolute Gasteiger partial charge is 0.379 e. The Morgan fingerprint density at radius 2 is 1.64 bits per heavy atom. The molecule has 42 heavy (non-hydrogen) atoms. The van der Waals surface area contributed by atoms with E-state index in [9.17, 15) is 19.2 Å². The number of hydrogen-bond acceptors (Lipinski definition) is 10. The molecule has 2 aromatic heterocycles. The van der Waals surface area contributed by atoms with Gasteiger partial charge in [0.2, 0.25) is 5.91 Å². The van der Waals surface area contributed by atoms with E-state index < -0.39 is 34.4 Å². The van der Waals surface area contributed by atoms with E-state index >= 15 is 0 Å². The smallest absolute Gasteiger partial charge is 0.259 e. The molecule has 8 rings (SSSR count). The molecule has 4 N–H and O–H groups in total. The number of carbonyl (C=O) groups is 2. The van der Waals surface area contributed by atoms with Crippen molar-refractivity contribution < 1.29 is 19.1 Å². The van der Waals surface area contributed by atoms with Crippen molar-refractivity contribution in [2.24, 2.45) is 0 Å². The number of aromatic amines is 1. The molecule has 0 spiro atoms. The second kappa shape index (κ2) is 12.5. The Kier molecular flexibility index (Phi) is 8.95. The second-order valence-corrected chi connectivity index (χ2v) is 12.8. The first-order valence-corrected chi connectivity index (χ1v) is 15.9. The van der Waals surface area contributed by atoms with Gasteiger partial charge < -0.3 is 14.8 Å². The number of hydrogen-bond donors (Lipinski definition) is 4. The molecular formula is C28H34Br2N6O6. The van der Waals surface area contributed by atoms with Gasteiger partial charge in [0, 0.05) is 52.6 Å². The molecule has 0 saturated carbocycles. The summed E-state index contributed by atoms with van der Waals surface area (Å²) in [5.74, 6) is -2.07. The Morgan fingerprint density at radius 3 is 2.33 bits per heavy atom. The van der Waals surface area contributed by atoms with Crippen molar-refractivity contribution in [3.8, 4) is 0 Å². The first-order chi connectivity index (χ1) is 20.3. The topological polar surface area (TPSA) is 145 Å². The molecular weight excluding hydrogens is 676 g/mol. The van der Waals surface area contributed by atoms with Gasteiger partial charge in [0.1, 0.15) is 0 Å². The van der Waals surface area contributed by atoms with Crippen LogP contribution in [0.2, 0.25) is 0 Å². The lowest BCUT2D eigenvalue weighted by Crippen LogP contribution is -2.61. The van der Waals surface area contributed by atoms with Crippen molar-refractivity contribution in [2.75, 3.05) is 72.2 Å². The number of carbonyl (C=O) groups excluding carboxylic acids is 2. The molecule has 3 unspecified atom stereocenters. The van der Waals surface area contributed by atoms with Gasteiger partial charge in [0.25, 0.3) is 17.0 Å². The average Bonchev–Trinajstić information content (AvgIpc) is 3.25. The van der Waals surface area contributed by atoms with Crippen LogP contribution in [0.4, 0.5) is 0 Å². The molecule has 2 saturated heterocycles. The van der Waals surface area contributed by atoms with Gasteiger partial charge in [-0.3, -0.25) is 44.6 Å². The highest BCUT2D eigenvalue weighted by molar-refractivity contribution is 9.11. The highest BCUT2D eigenvalue weighted by atomic mass is 79.9. The molecule has 6 heterocycles. The molecule has 5 aliphatic rings. The Hall–Kier alpha value is -2.04. The number of imide groups is 1. The molecule has 1 aromatic carbocycles. The maximum Gasteiger partial charge on any atom is 0.259 e. The van der Waals surface area contributed by atoms with E-state index in [1.807, 2.05) is 0 Å². The maximum absolute atomic E-state index is 14.1. The summed E-state index contributed by atoms with van der Waals surface area (Å²) in [6.45, 7) is 8.65. The molecule has 0 radical (unpaired) electrons. The first-order valence-electron chi connectivity index (χ1n) is 14.4. The highest BCUT2D eigenvalue weighted by Gasteiger charge is 2.55. The maximum atomic E-state index is 14.1. The fourth-order valence-electron chi connectivity index (χ4n) is 6.45. The minimum Gasteiger partial charge on any atom is -0.379 e. The van der Waals surface area contributed by atoms with Crippen molar-refractivity contribution in [1.82, 2.24) is 30.7 Å². The standard InChI is InChI=1S/C28H34Br2N6O6/c29-18-14-17-23-21(22(18)26(39)32-25(17)38)16-15-19(30)28(23,27(40)33-24(16)37)34-20(2-5-36-8-12-42-13-9-36)31-3-1-4-35-6-10-41-11-7-35/h14-16,20,31,34H,1-13H2,(H,32,38,39)(H,33,37,40). The van der Waals surface area contributed by atoms with E-state index in [4.69, 9.17) is 9.47 Å². The minimum absolute atomic E-state index is 0.165. The molecule has 14 heteroatoms. The van der Waals surface area contributed by atoms with Gasteiger partial charge in [-0.2, -0.15) is 0 Å². The van der Waals surface area contributed by atoms with Crippen LogP contribution < -0.4 is 27.1 Å². The van der Waals surface area contributed by atoms with Crippen molar-refractivity contribution in [2.45, 2.75) is 30.5 Å². The number of halogens is 2. The molecule has 12 nitrogen and oxygen atoms in total. The summed E-state index contributed by atoms with van der Waals surface area (Å²) in [5, 5.41) is 10.0. The van der Waals surface area contributed by atoms with Crippen LogP contribution in [0, 0.1) is 0 Å². The van der Waals surface area contributed by atoms with Gasteiger partial charge in [-0.1, -0.05) is 22.0 Å². The SMILES string of the molecule is O=C1NC(=O)C2(NC(CCN3CCOCC3)NCCCN3CCOCC3)C(Br)=CC1c1c2c2cc(Br)c1c(=O)[nH]c2=O. The predicted octanol–water partition coefficient (Wildman–Crippen LogP) is 0.266. The number of benzene rings is 1. The summed E-state index contributed by atoms with van der Waals surface area (Å²) in [5.41, 5.74) is -2.15. The van der Waals surface area contributed by atoms with Gasteiger partial charge in [0.05, 0.1) is 43.9 Å². The molecule has 4 bridgehead atoms. The number of rotatable bonds is 10. The molecule has 1 aliphatic carbocycles. The molecule has 226 valence electrons. The monoisotopic (exact) mass is 708 g/mol. The zero-order valence-electron chi connectivity index (χ0n) is 23.1. The summed E-state index contributed by atoms with van der Waals surface area (Å²) in [6.07, 6.45) is 2.82. The quantitative estimate of drug-likeness (QED) is 0.154. The summed E-state index contributed by atoms with van der Waals surface area (Å²) in [4.78, 5) is 60.9. The van der Waals surface area contributed by atoms with E-state index in [1.165, 1.54) is 0 Å². The number of ether oxygens (including phenoxy) is 2. The number of amides is 2. The lowest BCUT2D eigenvalue weighted by Gasteiger charge is -2.40. The fraction of sp³-hybridized carbons (Fsp3) is 0.571. The number of fused-ring (bicyclic) bond motifs is 5. The number of aromatic nitrogens is 1. The van der Waals surface area contributed by atoms with Crippen LogP contribution in [0.3, 0.4) is 0 Å². The highest BCUT2D eigenvalue weighted by Crippen LogP contribution is 2.50. The van der Waals surface area contributed by atoms with Crippen LogP contribution in [0.1, 0.15) is 29.9 Å². The van der Waals surface area contributed by atoms with Crippen molar-refractivity contribution in [1.29, 1.82) is 0 Å². The van der Waals surface area contributed by atoms with Crippen LogP contribution in [-0.4, -0.2) is 105 Å². The van der Waals surface area contributed by atoms with Crippen molar-refractivity contribution >= 4 is 54.4 Å². The normalized spacial score (nSPS) is 25.8. The summed E-state index contributed by atoms with van der Waals surface area (Å²) in [7, 11) is 0. The molecule has 3 aromatic rings. The third kappa shape index (κ3) is 5.52. The Morgan fingerprint density at radius 1 is 0.976 bits per heavy atom. The zero-order valence-corrected chi connectivity index (χ0v) is 26.3. The fourth-order valence-corrected chi connectivity index (χ4v) is 7.83. The van der Waals surface area contributed by atoms with Crippen molar-refractivity contribution in [3.63, 3.8) is 0 Å². The average molecular weight is 710 g/mol. The van der Waals surface area contributed by atoms with E-state index in [0.717, 1.165) is 58.9 Å². The number of nitrogens with one attached hydrogen (secondary N) is 4. The van der Waals surface area contributed by atoms with Gasteiger partial charge in [-0.15, -0.1) is 0 Å². The number of morpholine rings is 2. The summed E-state index contributed by atoms with van der Waals surface area (Å²) in [6, 6.07) is 1.56. The van der Waals surface area contributed by atoms with Crippen LogP contribution in [-0.2, 0) is 24.6 Å². The van der Waals surface area contributed by atoms with Crippen LogP contribution in [0.5, 0.6) is 0 Å². The van der Waals surface area contributed by atoms with Gasteiger partial charge >= 0.3 is 0 Å². The van der Waals surface area contributed by atoms with Crippen LogP contribution in [0.15, 0.2) is 30.7 Å². The molecule has 3 atom stereocenters. The lowest BCUT2D eigenvalue weighted by molar-refractivity contribution is -0.133. The van der Waals surface area contributed by atoms with Gasteiger partial charge in [-0.25, -0.2) is 0 Å². The number of H-pyrrole nitrogens is 1. The van der Waals surface area contributed by atoms with Crippen LogP contribution in [0.25, 0.3) is 10.8 Å². The third-order valence-corrected chi connectivity index (χ3v) is 10.1. The van der Waals surface area contributed by atoms with Gasteiger partial charge in [0.15, 0.2) is 5.54 Å². The first kappa shape index (κ1) is 30.0. The second-order valence-electron chi connectivity index (χ2n) is 11.1. The third-order valence-electron chi connectivity index (χ3n) is 8.61. The Balaban J connectivity index is 1.36. The van der Waals surface area contributed by atoms with E-state index in [0.29, 0.717) is 46.3 Å². The molecule has 2 fully saturated rings. The minimum atomic E-state index is -1.61. The Bertz CT molecular complexity index is 1500. The molecule has 2 amide bonds. The Labute approximate surface area is 259 Å². The van der Waals surface area contributed by atoms with E-state index in [2.05, 4.69) is 62.6 Å². The van der Waals surface area contributed by atoms with E-state index in [-0.39, 0.29) is 16.9 Å². The predicted molar refractivity (Wildman–Crippen MR) is 163 cm³/mol. The van der Waals surface area contributed by atoms with Crippen LogP contribution >= 0.6 is 31.9 Å². The summed E-state index contributed by atoms with van der Waals surface area (Å²) >= 11 is 7.06. The lowest BCUT2D eigenvalue weighted by atomic mass is 9.75. The zero-order chi connectivity index (χ0) is 29.4. The van der Waals surface area contributed by atoms with E-state index in [1.54, 1.807) is 12.1 Å². The van der Waals surface area contributed by atoms with Gasteiger partial charge in [-0.05, 0) is 53.5 Å². The summed E-state index contributed by atoms with van der Waals surface area (Å²) < 4.78 is 11.8. The number of nitrogens with zero attached hydrogens (tertiary/aromatic N) is 2. The molecule has 4 aliphatic heterocycles. The van der Waals surface area contributed by atoms with Crippen molar-refractivity contribution in [3.05, 3.63) is 52.9 Å².